The van der Waals surface area contributed by atoms with Gasteiger partial charge in [-0.1, -0.05) is 13.8 Å². The molecule has 0 aliphatic carbocycles. The van der Waals surface area contributed by atoms with Crippen LogP contribution in [0.1, 0.15) is 13.8 Å². The van der Waals surface area contributed by atoms with Gasteiger partial charge in [-0.2, -0.15) is 0 Å². The predicted molar refractivity (Wildman–Crippen MR) is 30.8 cm³/mol. The zero-order valence-electron chi connectivity index (χ0n) is 4.37. The summed E-state index contributed by atoms with van der Waals surface area (Å²) in [4.78, 5) is 0. The van der Waals surface area contributed by atoms with Crippen molar-refractivity contribution in [2.24, 2.45) is 5.92 Å². The summed E-state index contributed by atoms with van der Waals surface area (Å²) < 4.78 is 0. The van der Waals surface area contributed by atoms with Crippen molar-refractivity contribution >= 4 is 9.24 Å². The predicted octanol–water partition coefficient (Wildman–Crippen LogP) is -1.75. The van der Waals surface area contributed by atoms with Gasteiger partial charge in [0.2, 0.25) is 0 Å². The average molecular weight is 218 g/mol. The summed E-state index contributed by atoms with van der Waals surface area (Å²) in [5, 5.41) is 0. The molecule has 0 spiro atoms. The lowest BCUT2D eigenvalue weighted by Crippen LogP contribution is -3.00. The van der Waals surface area contributed by atoms with Crippen molar-refractivity contribution in [3.05, 3.63) is 0 Å². The topological polar surface area (TPSA) is 0 Å². The molecule has 6 heavy (non-hydrogen) atoms. The molecule has 0 aliphatic heterocycles. The largest absolute Gasteiger partial charge is 1.00 e. The van der Waals surface area contributed by atoms with E-state index in [-0.39, 0.29) is 24.0 Å². The number of halogens is 1. The second-order valence-corrected chi connectivity index (χ2v) is 2.26. The third-order valence-corrected chi connectivity index (χ3v) is 1.73. The fraction of sp³-hybridized carbons (Fsp3) is 1.00. The molecular formula is C4H12IP. The van der Waals surface area contributed by atoms with Crippen molar-refractivity contribution in [1.29, 1.82) is 0 Å². The Bertz CT molecular complexity index is 21.5. The van der Waals surface area contributed by atoms with Gasteiger partial charge in [0.05, 0.1) is 6.16 Å². The van der Waals surface area contributed by atoms with Gasteiger partial charge in [-0.3, -0.25) is 0 Å². The van der Waals surface area contributed by atoms with Gasteiger partial charge in [-0.05, 0) is 15.2 Å². The summed E-state index contributed by atoms with van der Waals surface area (Å²) in [5.74, 6) is 0.897. The Morgan fingerprint density at radius 1 is 1.50 bits per heavy atom. The molecule has 0 saturated carbocycles. The van der Waals surface area contributed by atoms with Crippen LogP contribution < -0.4 is 24.0 Å². The summed E-state index contributed by atoms with van der Waals surface area (Å²) in [6, 6.07) is 0. The van der Waals surface area contributed by atoms with E-state index in [9.17, 15) is 0 Å². The summed E-state index contributed by atoms with van der Waals surface area (Å²) in [6.45, 7) is 4.46. The molecule has 1 unspecified atom stereocenters. The quantitative estimate of drug-likeness (QED) is 0.362. The fourth-order valence-corrected chi connectivity index (χ4v) is 0. The Kier molecular flexibility index (Phi) is 10.5. The van der Waals surface area contributed by atoms with Crippen molar-refractivity contribution in [1.82, 2.24) is 0 Å². The molecule has 0 amide bonds. The first kappa shape index (κ1) is 10.2. The Balaban J connectivity index is 0. The van der Waals surface area contributed by atoms with Gasteiger partial charge in [-0.15, -0.1) is 0 Å². The second-order valence-electron chi connectivity index (χ2n) is 1.68. The average Bonchev–Trinajstić information content (AvgIpc) is 1.38. The van der Waals surface area contributed by atoms with Gasteiger partial charge in [0.25, 0.3) is 0 Å². The molecule has 0 N–H and O–H groups in total. The van der Waals surface area contributed by atoms with Crippen LogP contribution in [-0.4, -0.2) is 6.16 Å². The van der Waals surface area contributed by atoms with E-state index in [4.69, 9.17) is 0 Å². The van der Waals surface area contributed by atoms with E-state index in [0.29, 0.717) is 0 Å². The van der Waals surface area contributed by atoms with Gasteiger partial charge in [0, 0.05) is 0 Å². The summed E-state index contributed by atoms with van der Waals surface area (Å²) in [6.07, 6.45) is 1.33. The highest BCUT2D eigenvalue weighted by Gasteiger charge is 1.84. The van der Waals surface area contributed by atoms with Crippen molar-refractivity contribution in [3.63, 3.8) is 0 Å². The smallest absolute Gasteiger partial charge is 0.0549 e. The molecule has 0 aromatic carbocycles. The highest BCUT2D eigenvalue weighted by molar-refractivity contribution is 7.16. The fourth-order valence-electron chi connectivity index (χ4n) is 0. The summed E-state index contributed by atoms with van der Waals surface area (Å²) in [5.41, 5.74) is 0. The van der Waals surface area contributed by atoms with Gasteiger partial charge < -0.3 is 24.0 Å². The zero-order valence-corrected chi connectivity index (χ0v) is 7.94. The molecule has 0 radical (unpaired) electrons. The van der Waals surface area contributed by atoms with Gasteiger partial charge >= 0.3 is 0 Å². The molecule has 2 heteroatoms. The molecule has 0 aromatic rings. The number of hydrogen-bond donors (Lipinski definition) is 0. The molecule has 0 heterocycles. The van der Waals surface area contributed by atoms with Gasteiger partial charge in [-0.25, -0.2) is 0 Å². The first-order valence-corrected chi connectivity index (χ1v) is 3.06. The second kappa shape index (κ2) is 6.16. The zero-order chi connectivity index (χ0) is 4.28. The highest BCUT2D eigenvalue weighted by atomic mass is 127. The lowest BCUT2D eigenvalue weighted by Gasteiger charge is -1.86. The van der Waals surface area contributed by atoms with E-state index in [1.165, 1.54) is 6.16 Å². The number of hydrogen-bond acceptors (Lipinski definition) is 0. The van der Waals surface area contributed by atoms with Crippen LogP contribution in [-0.2, 0) is 0 Å². The Morgan fingerprint density at radius 3 is 1.67 bits per heavy atom. The van der Waals surface area contributed by atoms with Crippen molar-refractivity contribution in [2.45, 2.75) is 13.8 Å². The lowest BCUT2D eigenvalue weighted by molar-refractivity contribution is -0.00000124. The van der Waals surface area contributed by atoms with Crippen LogP contribution >= 0.6 is 9.24 Å². The van der Waals surface area contributed by atoms with E-state index in [2.05, 4.69) is 13.8 Å². The summed E-state index contributed by atoms with van der Waals surface area (Å²) >= 11 is 0. The van der Waals surface area contributed by atoms with Crippen LogP contribution in [0.15, 0.2) is 0 Å². The maximum atomic E-state index is 2.23. The first-order valence-electron chi connectivity index (χ1n) is 2.06. The van der Waals surface area contributed by atoms with Crippen molar-refractivity contribution in [3.8, 4) is 0 Å². The van der Waals surface area contributed by atoms with Crippen molar-refractivity contribution < 1.29 is 24.0 Å². The Labute approximate surface area is 59.3 Å². The van der Waals surface area contributed by atoms with Crippen LogP contribution in [0.2, 0.25) is 0 Å². The van der Waals surface area contributed by atoms with Crippen LogP contribution in [0, 0.1) is 5.92 Å². The monoisotopic (exact) mass is 218 g/mol. The van der Waals surface area contributed by atoms with E-state index >= 15 is 0 Å². The van der Waals surface area contributed by atoms with E-state index in [1.807, 2.05) is 9.24 Å². The molecule has 0 saturated heterocycles. The molecule has 0 bridgehead atoms. The third-order valence-electron chi connectivity index (χ3n) is 0.577. The molecular weight excluding hydrogens is 206 g/mol. The Morgan fingerprint density at radius 2 is 1.67 bits per heavy atom. The third kappa shape index (κ3) is 8.94. The normalized spacial score (nSPS) is 8.50. The lowest BCUT2D eigenvalue weighted by atomic mass is 10.3. The number of rotatable bonds is 1. The minimum absolute atomic E-state index is 0. The Hall–Kier alpha value is 1.16. The minimum atomic E-state index is 0. The van der Waals surface area contributed by atoms with Crippen LogP contribution in [0.5, 0.6) is 0 Å². The maximum Gasteiger partial charge on any atom is 0.0549 e. The summed E-state index contributed by atoms with van der Waals surface area (Å²) in [7, 11) is 2.03. The standard InChI is InChI=1S/C4H11P.HI/c1-4(2)3-5;/h4H,3,5H2,1-2H3;1H. The van der Waals surface area contributed by atoms with Crippen molar-refractivity contribution in [2.75, 3.05) is 6.16 Å². The SMILES string of the molecule is CC(C)C[PH3+].[I-]. The van der Waals surface area contributed by atoms with Crippen LogP contribution in [0.4, 0.5) is 0 Å². The van der Waals surface area contributed by atoms with Gasteiger partial charge in [0.1, 0.15) is 0 Å². The van der Waals surface area contributed by atoms with E-state index in [0.717, 1.165) is 5.92 Å². The van der Waals surface area contributed by atoms with Crippen LogP contribution in [0.3, 0.4) is 0 Å². The molecule has 0 aromatic heterocycles. The molecule has 40 valence electrons. The first-order chi connectivity index (χ1) is 2.27. The maximum absolute atomic E-state index is 2.23. The molecule has 0 fully saturated rings. The van der Waals surface area contributed by atoms with Crippen LogP contribution in [0.25, 0.3) is 0 Å². The molecule has 1 atom stereocenters. The minimum Gasteiger partial charge on any atom is -1.00 e. The molecule has 0 rings (SSSR count). The molecule has 0 nitrogen and oxygen atoms in total. The van der Waals surface area contributed by atoms with Gasteiger partial charge in [0.15, 0.2) is 0 Å². The van der Waals surface area contributed by atoms with E-state index in [1.54, 1.807) is 0 Å². The van der Waals surface area contributed by atoms with E-state index < -0.39 is 0 Å². The highest BCUT2D eigenvalue weighted by Crippen LogP contribution is 1.94. The molecule has 0 aliphatic rings.